The number of nitrogens with zero attached hydrogens (tertiary/aromatic N) is 2. The van der Waals surface area contributed by atoms with Gasteiger partial charge in [0.05, 0.1) is 11.4 Å². The van der Waals surface area contributed by atoms with E-state index < -0.39 is 11.7 Å². The third-order valence-electron chi connectivity index (χ3n) is 4.50. The minimum absolute atomic E-state index is 0.0234. The number of alkyl carbamates (subject to hydrolysis) is 1. The molecule has 0 radical (unpaired) electrons. The minimum atomic E-state index is -0.510. The predicted molar refractivity (Wildman–Crippen MR) is 114 cm³/mol. The number of carbonyl (C=O) groups excluding carboxylic acids is 1. The molecule has 1 unspecified atom stereocenters. The van der Waals surface area contributed by atoms with Crippen molar-refractivity contribution in [2.45, 2.75) is 58.9 Å². The highest BCUT2D eigenvalue weighted by Crippen LogP contribution is 2.16. The standard InChI is InChI=1S/C21H29ClN4O3/c1-5-28-13-16-25-17-18(14-9-6-7-10-15(14)24-19(17)22)26(16)12-8-11-23-20(27)29-21(2,3)4/h6-7,9-10,15,24H,5,8,11-13H2,1-4H3,(H,23,27). The molecule has 1 aliphatic heterocycles. The van der Waals surface area contributed by atoms with Gasteiger partial charge < -0.3 is 24.7 Å². The van der Waals surface area contributed by atoms with Gasteiger partial charge in [0.2, 0.25) is 0 Å². The van der Waals surface area contributed by atoms with Gasteiger partial charge in [0, 0.05) is 25.3 Å². The molecule has 1 aromatic rings. The number of fused-ring (bicyclic) bond motifs is 2. The fourth-order valence-electron chi connectivity index (χ4n) is 3.33. The zero-order chi connectivity index (χ0) is 21.0. The Morgan fingerprint density at radius 3 is 2.90 bits per heavy atom. The molecule has 0 fully saturated rings. The van der Waals surface area contributed by atoms with Crippen LogP contribution in [-0.2, 0) is 22.6 Å². The van der Waals surface area contributed by atoms with Gasteiger partial charge in [-0.15, -0.1) is 0 Å². The van der Waals surface area contributed by atoms with Gasteiger partial charge >= 0.3 is 6.09 Å². The van der Waals surface area contributed by atoms with Gasteiger partial charge in [0.1, 0.15) is 28.5 Å². The van der Waals surface area contributed by atoms with Crippen molar-refractivity contribution < 1.29 is 14.3 Å². The summed E-state index contributed by atoms with van der Waals surface area (Å²) in [5.41, 5.74) is 0.617. The lowest BCUT2D eigenvalue weighted by molar-refractivity contribution is 0.0526. The average Bonchev–Trinajstić information content (AvgIpc) is 3.01. The van der Waals surface area contributed by atoms with Gasteiger partial charge in [0.15, 0.2) is 0 Å². The molecule has 0 bridgehead atoms. The number of nitrogens with one attached hydrogen (secondary N) is 2. The third-order valence-corrected chi connectivity index (χ3v) is 4.79. The summed E-state index contributed by atoms with van der Waals surface area (Å²) in [4.78, 5) is 16.6. The van der Waals surface area contributed by atoms with Crippen LogP contribution >= 0.6 is 11.6 Å². The summed E-state index contributed by atoms with van der Waals surface area (Å²) in [5, 5.41) is 8.39. The fraction of sp³-hybridized carbons (Fsp3) is 0.524. The molecule has 1 atom stereocenters. The second-order valence-electron chi connectivity index (χ2n) is 7.93. The molecule has 2 N–H and O–H groups in total. The number of hydrogen-bond acceptors (Lipinski definition) is 5. The van der Waals surface area contributed by atoms with Crippen molar-refractivity contribution >= 4 is 28.4 Å². The van der Waals surface area contributed by atoms with Crippen LogP contribution in [0.15, 0.2) is 24.3 Å². The molecule has 0 saturated carbocycles. The number of hydrogen-bond donors (Lipinski definition) is 2. The summed E-state index contributed by atoms with van der Waals surface area (Å²) in [6.45, 7) is 9.69. The first-order valence-corrected chi connectivity index (χ1v) is 10.3. The first-order chi connectivity index (χ1) is 13.8. The van der Waals surface area contributed by atoms with Crippen molar-refractivity contribution in [3.8, 4) is 0 Å². The SMILES string of the molecule is CCOCc1nc2c(n1CCCNC(=O)OC(C)(C)C)=C1C=CC=CC1NC=2Cl. The van der Waals surface area contributed by atoms with Crippen molar-refractivity contribution in [3.05, 3.63) is 40.8 Å². The quantitative estimate of drug-likeness (QED) is 0.520. The van der Waals surface area contributed by atoms with Crippen LogP contribution in [0.5, 0.6) is 0 Å². The third kappa shape index (κ3) is 5.22. The van der Waals surface area contributed by atoms with Crippen LogP contribution in [0.25, 0.3) is 10.7 Å². The van der Waals surface area contributed by atoms with E-state index in [2.05, 4.69) is 27.4 Å². The van der Waals surface area contributed by atoms with Crippen molar-refractivity contribution in [1.82, 2.24) is 20.2 Å². The summed E-state index contributed by atoms with van der Waals surface area (Å²) in [6.07, 6.45) is 8.49. The number of allylic oxidation sites excluding steroid dienone is 2. The molecule has 1 aliphatic carbocycles. The molecule has 2 heterocycles. The number of imidazole rings is 1. The Morgan fingerprint density at radius 1 is 1.38 bits per heavy atom. The molecular formula is C21H29ClN4O3. The van der Waals surface area contributed by atoms with E-state index in [9.17, 15) is 4.79 Å². The predicted octanol–water partition coefficient (Wildman–Crippen LogP) is 1.89. The summed E-state index contributed by atoms with van der Waals surface area (Å²) < 4.78 is 13.1. The van der Waals surface area contributed by atoms with Crippen molar-refractivity contribution in [2.24, 2.45) is 0 Å². The molecule has 0 spiro atoms. The fourth-order valence-corrected chi connectivity index (χ4v) is 3.58. The highest BCUT2D eigenvalue weighted by Gasteiger charge is 2.23. The molecule has 0 saturated heterocycles. The maximum Gasteiger partial charge on any atom is 0.407 e. The van der Waals surface area contributed by atoms with Crippen LogP contribution < -0.4 is 21.3 Å². The maximum absolute atomic E-state index is 11.9. The van der Waals surface area contributed by atoms with Gasteiger partial charge in [-0.3, -0.25) is 0 Å². The summed E-state index contributed by atoms with van der Waals surface area (Å²) in [6, 6.07) is 0.0234. The summed E-state index contributed by atoms with van der Waals surface area (Å²) in [5.74, 6) is 0.824. The number of ether oxygens (including phenoxy) is 2. The van der Waals surface area contributed by atoms with E-state index in [4.69, 9.17) is 26.1 Å². The molecule has 2 aliphatic rings. The molecule has 29 heavy (non-hydrogen) atoms. The monoisotopic (exact) mass is 420 g/mol. The van der Waals surface area contributed by atoms with Crippen LogP contribution in [-0.4, -0.2) is 40.4 Å². The van der Waals surface area contributed by atoms with E-state index >= 15 is 0 Å². The highest BCUT2D eigenvalue weighted by molar-refractivity contribution is 6.44. The molecule has 0 aromatic carbocycles. The van der Waals surface area contributed by atoms with Crippen LogP contribution in [0.3, 0.4) is 0 Å². The van der Waals surface area contributed by atoms with Crippen molar-refractivity contribution in [2.75, 3.05) is 13.2 Å². The van der Waals surface area contributed by atoms with Gasteiger partial charge in [-0.2, -0.15) is 0 Å². The zero-order valence-electron chi connectivity index (χ0n) is 17.4. The molecule has 158 valence electrons. The summed E-state index contributed by atoms with van der Waals surface area (Å²) >= 11 is 6.49. The molecule has 1 aromatic heterocycles. The van der Waals surface area contributed by atoms with E-state index in [0.717, 1.165) is 28.5 Å². The first-order valence-electron chi connectivity index (χ1n) is 9.95. The number of aromatic nitrogens is 2. The van der Waals surface area contributed by atoms with E-state index in [0.29, 0.717) is 31.5 Å². The molecule has 8 heteroatoms. The van der Waals surface area contributed by atoms with Gasteiger partial charge in [-0.25, -0.2) is 9.78 Å². The smallest absolute Gasteiger partial charge is 0.407 e. The number of carbonyl (C=O) groups is 1. The topological polar surface area (TPSA) is 77.4 Å². The lowest BCUT2D eigenvalue weighted by Crippen LogP contribution is -2.46. The van der Waals surface area contributed by atoms with Crippen LogP contribution in [0, 0.1) is 0 Å². The average molecular weight is 421 g/mol. The summed E-state index contributed by atoms with van der Waals surface area (Å²) in [7, 11) is 0. The lowest BCUT2D eigenvalue weighted by atomic mass is 10.00. The molecule has 1 amide bonds. The van der Waals surface area contributed by atoms with Gasteiger partial charge in [-0.1, -0.05) is 35.9 Å². The second kappa shape index (κ2) is 9.05. The highest BCUT2D eigenvalue weighted by atomic mass is 35.5. The Balaban J connectivity index is 1.83. The Kier molecular flexibility index (Phi) is 6.70. The Labute approximate surface area is 176 Å². The zero-order valence-corrected chi connectivity index (χ0v) is 18.2. The number of amides is 1. The van der Waals surface area contributed by atoms with E-state index in [1.165, 1.54) is 0 Å². The molecule has 3 rings (SSSR count). The first kappa shape index (κ1) is 21.5. The lowest BCUT2D eigenvalue weighted by Gasteiger charge is -2.23. The van der Waals surface area contributed by atoms with Crippen LogP contribution in [0.1, 0.15) is 39.9 Å². The van der Waals surface area contributed by atoms with Gasteiger partial charge in [-0.05, 0) is 34.1 Å². The second-order valence-corrected chi connectivity index (χ2v) is 8.31. The Bertz CT molecular complexity index is 940. The van der Waals surface area contributed by atoms with Gasteiger partial charge in [0.25, 0.3) is 0 Å². The normalized spacial score (nSPS) is 17.6. The number of rotatable bonds is 7. The van der Waals surface area contributed by atoms with E-state index in [1.807, 2.05) is 39.8 Å². The van der Waals surface area contributed by atoms with E-state index in [-0.39, 0.29) is 6.04 Å². The molecule has 7 nitrogen and oxygen atoms in total. The Morgan fingerprint density at radius 2 is 2.17 bits per heavy atom. The maximum atomic E-state index is 11.9. The van der Waals surface area contributed by atoms with Crippen molar-refractivity contribution in [1.29, 1.82) is 0 Å². The van der Waals surface area contributed by atoms with Crippen LogP contribution in [0.4, 0.5) is 4.79 Å². The van der Waals surface area contributed by atoms with Crippen LogP contribution in [0.2, 0.25) is 0 Å². The minimum Gasteiger partial charge on any atom is -0.444 e. The number of halogens is 1. The molecular weight excluding hydrogens is 392 g/mol. The Hall–Kier alpha value is -2.25. The van der Waals surface area contributed by atoms with Crippen molar-refractivity contribution in [3.63, 3.8) is 0 Å². The van der Waals surface area contributed by atoms with E-state index in [1.54, 1.807) is 0 Å². The largest absolute Gasteiger partial charge is 0.444 e.